The van der Waals surface area contributed by atoms with E-state index in [-0.39, 0.29) is 50.4 Å². The Labute approximate surface area is 371 Å². The summed E-state index contributed by atoms with van der Waals surface area (Å²) in [6, 6.07) is 0. The van der Waals surface area contributed by atoms with Gasteiger partial charge in [0.25, 0.3) is 0 Å². The highest BCUT2D eigenvalue weighted by Crippen LogP contribution is 2.10. The fourth-order valence-electron chi connectivity index (χ4n) is 5.16. The summed E-state index contributed by atoms with van der Waals surface area (Å²) in [6.45, 7) is 6.05. The van der Waals surface area contributed by atoms with Gasteiger partial charge in [-0.3, -0.25) is 14.4 Å². The number of rotatable bonds is 37. The van der Waals surface area contributed by atoms with Crippen molar-refractivity contribution < 1.29 is 28.6 Å². The molecule has 0 amide bonds. The predicted octanol–water partition coefficient (Wildman–Crippen LogP) is 14.9. The minimum atomic E-state index is -0.847. The molecule has 0 rings (SSSR count). The molecule has 0 saturated carbocycles. The molecule has 0 aromatic carbocycles. The highest BCUT2D eigenvalue weighted by atomic mass is 16.6. The van der Waals surface area contributed by atoms with Gasteiger partial charge in [-0.1, -0.05) is 204 Å². The van der Waals surface area contributed by atoms with Gasteiger partial charge in [-0.25, -0.2) is 0 Å². The van der Waals surface area contributed by atoms with E-state index in [4.69, 9.17) is 14.2 Å². The quantitative estimate of drug-likeness (QED) is 0.0204. The van der Waals surface area contributed by atoms with Gasteiger partial charge in [0.05, 0.1) is 0 Å². The first kappa shape index (κ1) is 55.8. The van der Waals surface area contributed by atoms with E-state index in [2.05, 4.69) is 81.5 Å². The molecule has 1 atom stereocenters. The van der Waals surface area contributed by atoms with Crippen LogP contribution in [0.5, 0.6) is 0 Å². The Morgan fingerprint density at radius 1 is 0.344 bits per heavy atom. The van der Waals surface area contributed by atoms with Gasteiger partial charge in [-0.2, -0.15) is 0 Å². The molecule has 0 radical (unpaired) electrons. The van der Waals surface area contributed by atoms with E-state index in [1.54, 1.807) is 0 Å². The van der Waals surface area contributed by atoms with Crippen LogP contribution in [0.2, 0.25) is 0 Å². The maximum Gasteiger partial charge on any atom is 0.306 e. The summed E-state index contributed by atoms with van der Waals surface area (Å²) in [7, 11) is 0. The Hall–Kier alpha value is -5.23. The molecular weight excluding hydrogens is 757 g/mol. The zero-order valence-electron chi connectivity index (χ0n) is 37.8. The van der Waals surface area contributed by atoms with Crippen molar-refractivity contribution in [2.24, 2.45) is 0 Å². The molecule has 0 saturated heterocycles. The average Bonchev–Trinajstić information content (AvgIpc) is 3.26. The Balaban J connectivity index is 4.67. The molecule has 1 unspecified atom stereocenters. The molecule has 0 aliphatic heterocycles. The summed E-state index contributed by atoms with van der Waals surface area (Å²) in [5.41, 5.74) is 0. The van der Waals surface area contributed by atoms with E-state index in [1.807, 2.05) is 109 Å². The van der Waals surface area contributed by atoms with E-state index in [9.17, 15) is 14.4 Å². The topological polar surface area (TPSA) is 78.9 Å². The number of allylic oxidation sites excluding steroid dienone is 28. The largest absolute Gasteiger partial charge is 0.462 e. The summed E-state index contributed by atoms with van der Waals surface area (Å²) in [6.07, 6.45) is 70.5. The van der Waals surface area contributed by atoms with Crippen LogP contribution in [0.4, 0.5) is 0 Å². The Morgan fingerprint density at radius 2 is 0.689 bits per heavy atom. The minimum absolute atomic E-state index is 0.144. The number of hydrogen-bond acceptors (Lipinski definition) is 6. The SMILES string of the molecule is CC\C=C/C=C\C=C/C=C\C=C/CCCCCC(=O)OC(COC(=O)CCC/C=C\C/C=C\C/C=C\CC)COC(=O)CCCCC\C=C/C=C/C=C\C=C/C=C\C=C/CC. The summed E-state index contributed by atoms with van der Waals surface area (Å²) in [5.74, 6) is -1.10. The van der Waals surface area contributed by atoms with Crippen molar-refractivity contribution in [3.63, 3.8) is 0 Å². The van der Waals surface area contributed by atoms with Gasteiger partial charge in [-0.05, 0) is 83.5 Å². The lowest BCUT2D eigenvalue weighted by Gasteiger charge is -2.18. The highest BCUT2D eigenvalue weighted by Gasteiger charge is 2.19. The van der Waals surface area contributed by atoms with Gasteiger partial charge in [0, 0.05) is 19.3 Å². The Morgan fingerprint density at radius 3 is 1.13 bits per heavy atom. The third-order valence-corrected chi connectivity index (χ3v) is 8.49. The van der Waals surface area contributed by atoms with Gasteiger partial charge < -0.3 is 14.2 Å². The molecule has 0 spiro atoms. The van der Waals surface area contributed by atoms with Crippen molar-refractivity contribution in [3.05, 3.63) is 170 Å². The average molecular weight is 835 g/mol. The zero-order valence-corrected chi connectivity index (χ0v) is 37.8. The maximum absolute atomic E-state index is 12.7. The van der Waals surface area contributed by atoms with Crippen LogP contribution in [-0.4, -0.2) is 37.2 Å². The number of carbonyl (C=O) groups is 3. The van der Waals surface area contributed by atoms with Gasteiger partial charge in [0.2, 0.25) is 0 Å². The fourth-order valence-corrected chi connectivity index (χ4v) is 5.16. The molecule has 6 nitrogen and oxygen atoms in total. The number of unbranched alkanes of at least 4 members (excludes halogenated alkanes) is 7. The van der Waals surface area contributed by atoms with Crippen molar-refractivity contribution in [2.75, 3.05) is 13.2 Å². The second-order valence-electron chi connectivity index (χ2n) is 14.1. The monoisotopic (exact) mass is 835 g/mol. The van der Waals surface area contributed by atoms with Gasteiger partial charge in [0.15, 0.2) is 6.10 Å². The Bertz CT molecular complexity index is 1520. The van der Waals surface area contributed by atoms with Crippen molar-refractivity contribution in [1.29, 1.82) is 0 Å². The summed E-state index contributed by atoms with van der Waals surface area (Å²) in [4.78, 5) is 37.8. The third-order valence-electron chi connectivity index (χ3n) is 8.49. The van der Waals surface area contributed by atoms with E-state index >= 15 is 0 Å². The number of ether oxygens (including phenoxy) is 3. The first-order valence-corrected chi connectivity index (χ1v) is 22.8. The fraction of sp³-hybridized carbons (Fsp3) is 0.436. The number of esters is 3. The van der Waals surface area contributed by atoms with Gasteiger partial charge in [-0.15, -0.1) is 0 Å². The minimum Gasteiger partial charge on any atom is -0.462 e. The molecule has 6 heteroatoms. The summed E-state index contributed by atoms with van der Waals surface area (Å²) >= 11 is 0. The maximum atomic E-state index is 12.7. The second kappa shape index (κ2) is 47.4. The van der Waals surface area contributed by atoms with Gasteiger partial charge >= 0.3 is 17.9 Å². The molecule has 0 fully saturated rings. The highest BCUT2D eigenvalue weighted by molar-refractivity contribution is 5.71. The van der Waals surface area contributed by atoms with E-state index in [1.165, 1.54) is 0 Å². The summed E-state index contributed by atoms with van der Waals surface area (Å²) in [5, 5.41) is 0. The zero-order chi connectivity index (χ0) is 44.4. The molecule has 0 heterocycles. The smallest absolute Gasteiger partial charge is 0.306 e. The van der Waals surface area contributed by atoms with Crippen LogP contribution in [0, 0.1) is 0 Å². The first-order valence-electron chi connectivity index (χ1n) is 22.8. The molecule has 0 aliphatic rings. The van der Waals surface area contributed by atoms with Crippen LogP contribution in [0.15, 0.2) is 170 Å². The molecular formula is C55H78O6. The normalized spacial score (nSPS) is 13.7. The predicted molar refractivity (Wildman–Crippen MR) is 260 cm³/mol. The molecule has 0 bridgehead atoms. The van der Waals surface area contributed by atoms with E-state index in [0.29, 0.717) is 19.3 Å². The summed E-state index contributed by atoms with van der Waals surface area (Å²) < 4.78 is 16.6. The van der Waals surface area contributed by atoms with Crippen LogP contribution >= 0.6 is 0 Å². The van der Waals surface area contributed by atoms with Crippen molar-refractivity contribution >= 4 is 17.9 Å². The molecule has 0 aromatic rings. The first-order chi connectivity index (χ1) is 30.0. The van der Waals surface area contributed by atoms with E-state index < -0.39 is 6.10 Å². The van der Waals surface area contributed by atoms with Crippen LogP contribution in [-0.2, 0) is 28.6 Å². The van der Waals surface area contributed by atoms with Gasteiger partial charge in [0.1, 0.15) is 13.2 Å². The van der Waals surface area contributed by atoms with Crippen molar-refractivity contribution in [3.8, 4) is 0 Å². The molecule has 0 N–H and O–H groups in total. The van der Waals surface area contributed by atoms with Crippen LogP contribution in [0.3, 0.4) is 0 Å². The lowest BCUT2D eigenvalue weighted by Crippen LogP contribution is -2.30. The lowest BCUT2D eigenvalue weighted by molar-refractivity contribution is -0.167. The Kier molecular flexibility index (Phi) is 43.4. The second-order valence-corrected chi connectivity index (χ2v) is 14.1. The van der Waals surface area contributed by atoms with Crippen molar-refractivity contribution in [2.45, 2.75) is 142 Å². The molecule has 61 heavy (non-hydrogen) atoms. The van der Waals surface area contributed by atoms with Crippen LogP contribution < -0.4 is 0 Å². The number of hydrogen-bond donors (Lipinski definition) is 0. The third kappa shape index (κ3) is 45.7. The lowest BCUT2D eigenvalue weighted by atomic mass is 10.1. The van der Waals surface area contributed by atoms with Crippen LogP contribution in [0.1, 0.15) is 136 Å². The van der Waals surface area contributed by atoms with Crippen molar-refractivity contribution in [1.82, 2.24) is 0 Å². The van der Waals surface area contributed by atoms with Crippen LogP contribution in [0.25, 0.3) is 0 Å². The standard InChI is InChI=1S/C55H78O6/c1-4-7-10-13-16-19-22-24-26-27-29-30-33-36-39-42-45-48-54(57)60-51-52(50-59-53(56)47-44-41-38-35-32-21-18-15-12-9-6-3)61-55(58)49-46-43-40-37-34-31-28-25-23-20-17-14-11-8-5-2/h7-14,16-31,33-35,38,52H,4-6,15,32,36-37,39-51H2,1-3H3/b10-7-,11-8-,12-9-,16-13-,17-14-,21-18-,22-19-,23-20-,26-24-,28-25-,29-27+,33-30-,34-31-,38-35-. The number of carbonyl (C=O) groups excluding carboxylic acids is 3. The molecule has 0 aromatic heterocycles. The molecule has 334 valence electrons. The molecule has 0 aliphatic carbocycles. The van der Waals surface area contributed by atoms with E-state index in [0.717, 1.165) is 77.0 Å².